The first-order valence-corrected chi connectivity index (χ1v) is 18.0. The minimum atomic E-state index is -1.98. The Labute approximate surface area is 314 Å². The Morgan fingerprint density at radius 2 is 1.15 bits per heavy atom. The van der Waals surface area contributed by atoms with Crippen LogP contribution in [-0.4, -0.2) is 29.9 Å². The second-order valence-corrected chi connectivity index (χ2v) is 12.7. The van der Waals surface area contributed by atoms with Gasteiger partial charge in [0.2, 0.25) is 0 Å². The van der Waals surface area contributed by atoms with Crippen molar-refractivity contribution in [1.82, 2.24) is 0 Å². The van der Waals surface area contributed by atoms with E-state index in [-0.39, 0.29) is 6.42 Å². The summed E-state index contributed by atoms with van der Waals surface area (Å²) in [5.74, 6) is -0.562. The second-order valence-electron chi connectivity index (χ2n) is 12.7. The van der Waals surface area contributed by atoms with Gasteiger partial charge in [-0.05, 0) is 111 Å². The van der Waals surface area contributed by atoms with E-state index >= 15 is 0 Å². The van der Waals surface area contributed by atoms with E-state index in [1.54, 1.807) is 54.6 Å². The number of azo groups is 2. The normalized spacial score (nSPS) is 14.0. The highest BCUT2D eigenvalue weighted by Crippen LogP contribution is 2.43. The van der Waals surface area contributed by atoms with Crippen LogP contribution in [0.2, 0.25) is 0 Å². The van der Waals surface area contributed by atoms with Crippen LogP contribution in [0.3, 0.4) is 0 Å². The van der Waals surface area contributed by atoms with Gasteiger partial charge in [-0.15, -0.1) is 10.2 Å². The zero-order valence-corrected chi connectivity index (χ0v) is 30.3. The summed E-state index contributed by atoms with van der Waals surface area (Å²) in [7, 11) is 0. The number of hydrogen-bond donors (Lipinski definition) is 0. The fourth-order valence-corrected chi connectivity index (χ4v) is 5.98. The van der Waals surface area contributed by atoms with Crippen LogP contribution in [-0.2, 0) is 19.1 Å². The number of rotatable bonds is 21. The molecular formula is C42H42N4O8. The van der Waals surface area contributed by atoms with E-state index in [2.05, 4.69) is 40.5 Å². The number of carbonyl (C=O) groups is 2. The quantitative estimate of drug-likeness (QED) is 0.0308. The lowest BCUT2D eigenvalue weighted by molar-refractivity contribution is -0.270. The average molecular weight is 731 g/mol. The third kappa shape index (κ3) is 9.00. The summed E-state index contributed by atoms with van der Waals surface area (Å²) in [4.78, 5) is 26.3. The summed E-state index contributed by atoms with van der Waals surface area (Å²) in [5, 5.41) is 16.4. The van der Waals surface area contributed by atoms with Crippen molar-refractivity contribution in [3.8, 4) is 34.5 Å². The fourth-order valence-electron chi connectivity index (χ4n) is 5.98. The predicted octanol–water partition coefficient (Wildman–Crippen LogP) is 11.8. The number of ether oxygens (including phenoxy) is 6. The van der Waals surface area contributed by atoms with Crippen molar-refractivity contribution >= 4 is 34.7 Å². The van der Waals surface area contributed by atoms with E-state index in [0.29, 0.717) is 65.1 Å². The molecule has 0 fully saturated rings. The van der Waals surface area contributed by atoms with E-state index in [9.17, 15) is 9.59 Å². The first-order chi connectivity index (χ1) is 26.3. The zero-order chi connectivity index (χ0) is 37.9. The van der Waals surface area contributed by atoms with Crippen LogP contribution in [0.4, 0.5) is 22.7 Å². The molecule has 12 nitrogen and oxygen atoms in total. The van der Waals surface area contributed by atoms with Gasteiger partial charge < -0.3 is 28.4 Å². The fraction of sp³-hybridized carbons (Fsp3) is 0.286. The van der Waals surface area contributed by atoms with Crippen molar-refractivity contribution < 1.29 is 38.0 Å². The van der Waals surface area contributed by atoms with E-state index in [0.717, 1.165) is 42.8 Å². The second kappa shape index (κ2) is 17.5. The number of benzene rings is 4. The molecule has 54 heavy (non-hydrogen) atoms. The van der Waals surface area contributed by atoms with Gasteiger partial charge in [0, 0.05) is 12.2 Å². The van der Waals surface area contributed by atoms with Crippen LogP contribution >= 0.6 is 0 Å². The summed E-state index contributed by atoms with van der Waals surface area (Å²) in [6.07, 6.45) is 4.52. The molecule has 0 N–H and O–H groups in total. The van der Waals surface area contributed by atoms with Gasteiger partial charge in [0.1, 0.15) is 34.4 Å². The third-order valence-electron chi connectivity index (χ3n) is 8.73. The highest BCUT2D eigenvalue weighted by molar-refractivity contribution is 5.82. The van der Waals surface area contributed by atoms with Crippen LogP contribution in [0.5, 0.6) is 34.5 Å². The van der Waals surface area contributed by atoms with Gasteiger partial charge >= 0.3 is 17.7 Å². The summed E-state index contributed by atoms with van der Waals surface area (Å²) >= 11 is 0. The molecule has 2 aliphatic rings. The highest BCUT2D eigenvalue weighted by Gasteiger charge is 2.55. The molecule has 4 bridgehead atoms. The van der Waals surface area contributed by atoms with Crippen molar-refractivity contribution in [2.24, 2.45) is 20.5 Å². The van der Waals surface area contributed by atoms with E-state index in [4.69, 9.17) is 28.4 Å². The maximum Gasteiger partial charge on any atom is 0.333 e. The van der Waals surface area contributed by atoms with Gasteiger partial charge in [0.05, 0.1) is 11.4 Å². The molecular weight excluding hydrogens is 688 g/mol. The molecule has 12 heteroatoms. The molecule has 3 unspecified atom stereocenters. The van der Waals surface area contributed by atoms with Crippen LogP contribution in [0.1, 0.15) is 58.8 Å². The van der Waals surface area contributed by atoms with Gasteiger partial charge in [-0.3, -0.25) is 0 Å². The summed E-state index contributed by atoms with van der Waals surface area (Å²) in [6, 6.07) is 24.7. The lowest BCUT2D eigenvalue weighted by Crippen LogP contribution is -2.62. The zero-order valence-electron chi connectivity index (χ0n) is 30.3. The summed E-state index contributed by atoms with van der Waals surface area (Å²) < 4.78 is 37.9. The molecule has 2 aliphatic heterocycles. The molecule has 4 aromatic rings. The maximum atomic E-state index is 13.3. The number of hydrogen-bond acceptors (Lipinski definition) is 12. The summed E-state index contributed by atoms with van der Waals surface area (Å²) in [6.45, 7) is 11.3. The van der Waals surface area contributed by atoms with Crippen molar-refractivity contribution in [3.63, 3.8) is 0 Å². The van der Waals surface area contributed by atoms with Gasteiger partial charge in [-0.1, -0.05) is 46.3 Å². The van der Waals surface area contributed by atoms with E-state index < -0.39 is 29.9 Å². The van der Waals surface area contributed by atoms with Crippen LogP contribution in [0.25, 0.3) is 0 Å². The van der Waals surface area contributed by atoms with Crippen LogP contribution in [0, 0.1) is 0 Å². The largest absolute Gasteiger partial charge is 0.482 e. The number of unbranched alkanes of at least 4 members (excludes halogenated alkanes) is 3. The van der Waals surface area contributed by atoms with Crippen molar-refractivity contribution in [2.75, 3.05) is 0 Å². The molecule has 0 aromatic heterocycles. The third-order valence-corrected chi connectivity index (χ3v) is 8.73. The Morgan fingerprint density at radius 3 is 1.69 bits per heavy atom. The molecule has 2 heterocycles. The average Bonchev–Trinajstić information content (AvgIpc) is 3.78. The van der Waals surface area contributed by atoms with Gasteiger partial charge in [-0.25, -0.2) is 9.59 Å². The van der Waals surface area contributed by atoms with Crippen molar-refractivity contribution in [1.29, 1.82) is 0 Å². The predicted molar refractivity (Wildman–Crippen MR) is 202 cm³/mol. The van der Waals surface area contributed by atoms with E-state index in [1.807, 2.05) is 37.3 Å². The minimum Gasteiger partial charge on any atom is -0.482 e. The minimum absolute atomic E-state index is 0.286. The molecule has 0 aliphatic carbocycles. The molecule has 4 aromatic carbocycles. The van der Waals surface area contributed by atoms with Gasteiger partial charge in [0.15, 0.2) is 23.7 Å². The standard InChI is InChI=1S/C42H42N4O8/c1-5-9-11-13-38(51-32-18-16-30(17-19-32)49-36-24-14-28-26-34(36)45-43-28)42(54-41(48)8-4,39(12-10-6-2)52-40(47)7-3)53-33-22-20-31(21-23-33)50-37-25-15-29-27-35(37)46-44-29/h7-8,14-27,38-39H,3-6,9-13H2,1-2H3. The Kier molecular flexibility index (Phi) is 12.1. The Bertz CT molecular complexity index is 2030. The topological polar surface area (TPSA) is 139 Å². The lowest BCUT2D eigenvalue weighted by atomic mass is 9.93. The van der Waals surface area contributed by atoms with Crippen LogP contribution < -0.4 is 18.9 Å². The molecule has 6 rings (SSSR count). The molecule has 0 amide bonds. The Hall–Kier alpha value is -6.30. The highest BCUT2D eigenvalue weighted by atomic mass is 16.8. The molecule has 0 saturated heterocycles. The maximum absolute atomic E-state index is 13.3. The first-order valence-electron chi connectivity index (χ1n) is 18.0. The molecule has 0 radical (unpaired) electrons. The summed E-state index contributed by atoms with van der Waals surface area (Å²) in [5.41, 5.74) is 2.79. The SMILES string of the molecule is C=CC(=O)OC(CCCC)C(OC(=O)C=C)(Oc1ccc(Oc2ccc3cc2N=N3)cc1)C(CCCCC)Oc1ccc(Oc2ccc3cc2N=N3)cc1. The molecule has 3 atom stereocenters. The van der Waals surface area contributed by atoms with Gasteiger partial charge in [-0.2, -0.15) is 10.2 Å². The number of esters is 2. The number of carbonyl (C=O) groups excluding carboxylic acids is 2. The monoisotopic (exact) mass is 730 g/mol. The van der Waals surface area contributed by atoms with Crippen molar-refractivity contribution in [3.05, 3.63) is 110 Å². The van der Waals surface area contributed by atoms with Gasteiger partial charge in [0.25, 0.3) is 0 Å². The molecule has 278 valence electrons. The number of nitrogens with zero attached hydrogens (tertiary/aromatic N) is 4. The Morgan fingerprint density at radius 1 is 0.630 bits per heavy atom. The smallest absolute Gasteiger partial charge is 0.333 e. The first kappa shape index (κ1) is 37.5. The van der Waals surface area contributed by atoms with Crippen LogP contribution in [0.15, 0.2) is 131 Å². The lowest BCUT2D eigenvalue weighted by Gasteiger charge is -2.43. The number of fused-ring (bicyclic) bond motifs is 4. The van der Waals surface area contributed by atoms with Crippen molar-refractivity contribution in [2.45, 2.75) is 76.8 Å². The Balaban J connectivity index is 1.35. The van der Waals surface area contributed by atoms with E-state index in [1.165, 1.54) is 0 Å². The molecule has 0 spiro atoms. The molecule has 0 saturated carbocycles.